The van der Waals surface area contributed by atoms with Crippen molar-refractivity contribution in [1.29, 1.82) is 0 Å². The summed E-state index contributed by atoms with van der Waals surface area (Å²) in [5.41, 5.74) is 2.28. The Morgan fingerprint density at radius 2 is 2.38 bits per heavy atom. The van der Waals surface area contributed by atoms with Gasteiger partial charge in [0, 0.05) is 12.2 Å². The summed E-state index contributed by atoms with van der Waals surface area (Å²) >= 11 is 0. The Labute approximate surface area is 95.0 Å². The van der Waals surface area contributed by atoms with E-state index in [0.29, 0.717) is 11.5 Å². The second-order valence-electron chi connectivity index (χ2n) is 4.38. The molecule has 0 aromatic carbocycles. The summed E-state index contributed by atoms with van der Waals surface area (Å²) < 4.78 is 0. The molecule has 1 aromatic heterocycles. The van der Waals surface area contributed by atoms with Gasteiger partial charge in [0.05, 0.1) is 11.3 Å². The Balaban J connectivity index is 1.92. The van der Waals surface area contributed by atoms with Gasteiger partial charge in [0.15, 0.2) is 0 Å². The number of aromatic amines is 1. The molecule has 16 heavy (non-hydrogen) atoms. The van der Waals surface area contributed by atoms with Crippen molar-refractivity contribution in [1.82, 2.24) is 20.8 Å². The summed E-state index contributed by atoms with van der Waals surface area (Å²) in [5.74, 6) is 0.548. The number of amides is 1. The van der Waals surface area contributed by atoms with Crippen LogP contribution >= 0.6 is 0 Å². The van der Waals surface area contributed by atoms with Gasteiger partial charge in [-0.2, -0.15) is 5.10 Å². The fourth-order valence-corrected chi connectivity index (χ4v) is 2.10. The molecule has 1 fully saturated rings. The number of aromatic nitrogens is 2. The highest BCUT2D eigenvalue weighted by Gasteiger charge is 2.18. The molecule has 88 valence electrons. The zero-order valence-corrected chi connectivity index (χ0v) is 9.76. The van der Waals surface area contributed by atoms with Crippen molar-refractivity contribution in [2.75, 3.05) is 19.6 Å². The lowest BCUT2D eigenvalue weighted by atomic mass is 10.1. The molecule has 0 radical (unpaired) electrons. The van der Waals surface area contributed by atoms with Crippen molar-refractivity contribution >= 4 is 5.91 Å². The summed E-state index contributed by atoms with van der Waals surface area (Å²) in [6.07, 6.45) is 1.14. The number of hydrogen-bond acceptors (Lipinski definition) is 3. The number of nitrogens with zero attached hydrogens (tertiary/aromatic N) is 1. The Hall–Kier alpha value is -1.36. The molecule has 1 amide bonds. The van der Waals surface area contributed by atoms with Gasteiger partial charge in [-0.25, -0.2) is 0 Å². The molecule has 2 heterocycles. The van der Waals surface area contributed by atoms with Crippen LogP contribution in [0.4, 0.5) is 0 Å². The number of carbonyl (C=O) groups excluding carboxylic acids is 1. The fraction of sp³-hybridized carbons (Fsp3) is 0.636. The highest BCUT2D eigenvalue weighted by Crippen LogP contribution is 2.10. The van der Waals surface area contributed by atoms with Crippen LogP contribution in [0.25, 0.3) is 0 Å². The van der Waals surface area contributed by atoms with Gasteiger partial charge in [-0.3, -0.25) is 9.89 Å². The predicted molar refractivity (Wildman–Crippen MR) is 61.4 cm³/mol. The van der Waals surface area contributed by atoms with Crippen LogP contribution in [0.3, 0.4) is 0 Å². The van der Waals surface area contributed by atoms with Crippen molar-refractivity contribution in [2.24, 2.45) is 5.92 Å². The molecule has 0 aliphatic carbocycles. The second-order valence-corrected chi connectivity index (χ2v) is 4.38. The number of H-pyrrole nitrogens is 1. The highest BCUT2D eigenvalue weighted by atomic mass is 16.1. The van der Waals surface area contributed by atoms with Crippen molar-refractivity contribution < 1.29 is 4.79 Å². The number of nitrogens with one attached hydrogen (secondary N) is 3. The van der Waals surface area contributed by atoms with Gasteiger partial charge in [-0.15, -0.1) is 0 Å². The summed E-state index contributed by atoms with van der Waals surface area (Å²) in [6, 6.07) is 0. The van der Waals surface area contributed by atoms with Crippen molar-refractivity contribution in [2.45, 2.75) is 20.3 Å². The Kier molecular flexibility index (Phi) is 3.24. The first-order chi connectivity index (χ1) is 7.68. The third-order valence-corrected chi connectivity index (χ3v) is 3.07. The molecular weight excluding hydrogens is 204 g/mol. The maximum Gasteiger partial charge on any atom is 0.255 e. The normalized spacial score (nSPS) is 20.0. The van der Waals surface area contributed by atoms with Gasteiger partial charge >= 0.3 is 0 Å². The molecule has 1 aliphatic heterocycles. The molecular formula is C11H18N4O. The van der Waals surface area contributed by atoms with Gasteiger partial charge < -0.3 is 10.6 Å². The maximum atomic E-state index is 11.9. The van der Waals surface area contributed by atoms with Crippen LogP contribution in [0.15, 0.2) is 0 Å². The second kappa shape index (κ2) is 4.65. The average molecular weight is 222 g/mol. The van der Waals surface area contributed by atoms with E-state index in [1.54, 1.807) is 0 Å². The molecule has 1 aliphatic rings. The minimum absolute atomic E-state index is 0.0179. The van der Waals surface area contributed by atoms with Gasteiger partial charge in [0.25, 0.3) is 5.91 Å². The van der Waals surface area contributed by atoms with Crippen LogP contribution in [-0.4, -0.2) is 35.7 Å². The van der Waals surface area contributed by atoms with Crippen LogP contribution in [0.5, 0.6) is 0 Å². The molecule has 0 saturated carbocycles. The number of hydrogen-bond donors (Lipinski definition) is 3. The first-order valence-corrected chi connectivity index (χ1v) is 5.69. The number of rotatable bonds is 3. The minimum Gasteiger partial charge on any atom is -0.352 e. The van der Waals surface area contributed by atoms with E-state index in [4.69, 9.17) is 0 Å². The highest BCUT2D eigenvalue weighted by molar-refractivity contribution is 5.96. The molecule has 1 aromatic rings. The molecule has 2 rings (SSSR count). The maximum absolute atomic E-state index is 11.9. The third kappa shape index (κ3) is 2.24. The molecule has 0 bridgehead atoms. The van der Waals surface area contributed by atoms with Crippen LogP contribution < -0.4 is 10.6 Å². The van der Waals surface area contributed by atoms with Crippen molar-refractivity contribution in [3.63, 3.8) is 0 Å². The standard InChI is InChI=1S/C11H18N4O/c1-7-10(8(2)15-14-7)11(16)13-6-9-3-4-12-5-9/h9,12H,3-6H2,1-2H3,(H,13,16)(H,14,15). The fourth-order valence-electron chi connectivity index (χ4n) is 2.10. The Morgan fingerprint density at radius 1 is 1.56 bits per heavy atom. The van der Waals surface area contributed by atoms with Crippen LogP contribution in [0.1, 0.15) is 28.2 Å². The van der Waals surface area contributed by atoms with E-state index in [0.717, 1.165) is 37.4 Å². The van der Waals surface area contributed by atoms with E-state index in [2.05, 4.69) is 20.8 Å². The van der Waals surface area contributed by atoms with Crippen LogP contribution in [-0.2, 0) is 0 Å². The molecule has 1 atom stereocenters. The largest absolute Gasteiger partial charge is 0.352 e. The lowest BCUT2D eigenvalue weighted by molar-refractivity contribution is 0.0947. The molecule has 1 saturated heterocycles. The van der Waals surface area contributed by atoms with E-state index in [1.807, 2.05) is 13.8 Å². The predicted octanol–water partition coefficient (Wildman–Crippen LogP) is 0.366. The van der Waals surface area contributed by atoms with E-state index < -0.39 is 0 Å². The van der Waals surface area contributed by atoms with Gasteiger partial charge in [0.1, 0.15) is 0 Å². The SMILES string of the molecule is Cc1n[nH]c(C)c1C(=O)NCC1CCNC1. The van der Waals surface area contributed by atoms with Crippen LogP contribution in [0.2, 0.25) is 0 Å². The molecule has 5 nitrogen and oxygen atoms in total. The summed E-state index contributed by atoms with van der Waals surface area (Å²) in [6.45, 7) is 6.52. The summed E-state index contributed by atoms with van der Waals surface area (Å²) in [5, 5.41) is 13.1. The smallest absolute Gasteiger partial charge is 0.255 e. The van der Waals surface area contributed by atoms with E-state index in [-0.39, 0.29) is 5.91 Å². The van der Waals surface area contributed by atoms with Gasteiger partial charge in [-0.05, 0) is 39.3 Å². The first-order valence-electron chi connectivity index (χ1n) is 5.69. The average Bonchev–Trinajstić information content (AvgIpc) is 2.86. The summed E-state index contributed by atoms with van der Waals surface area (Å²) in [4.78, 5) is 11.9. The summed E-state index contributed by atoms with van der Waals surface area (Å²) in [7, 11) is 0. The monoisotopic (exact) mass is 222 g/mol. The van der Waals surface area contributed by atoms with Crippen molar-refractivity contribution in [3.05, 3.63) is 17.0 Å². The molecule has 1 unspecified atom stereocenters. The van der Waals surface area contributed by atoms with Gasteiger partial charge in [-0.1, -0.05) is 0 Å². The van der Waals surface area contributed by atoms with E-state index >= 15 is 0 Å². The Morgan fingerprint density at radius 3 is 2.94 bits per heavy atom. The molecule has 0 spiro atoms. The zero-order valence-electron chi connectivity index (χ0n) is 9.76. The third-order valence-electron chi connectivity index (χ3n) is 3.07. The number of aryl methyl sites for hydroxylation is 2. The van der Waals surface area contributed by atoms with Crippen LogP contribution in [0, 0.1) is 19.8 Å². The van der Waals surface area contributed by atoms with E-state index in [1.165, 1.54) is 0 Å². The molecule has 5 heteroatoms. The topological polar surface area (TPSA) is 69.8 Å². The quantitative estimate of drug-likeness (QED) is 0.692. The molecule has 3 N–H and O–H groups in total. The lowest BCUT2D eigenvalue weighted by Crippen LogP contribution is -2.30. The first kappa shape index (κ1) is 11.1. The van der Waals surface area contributed by atoms with Gasteiger partial charge in [0.2, 0.25) is 0 Å². The lowest BCUT2D eigenvalue weighted by Gasteiger charge is -2.09. The van der Waals surface area contributed by atoms with E-state index in [9.17, 15) is 4.79 Å². The Bertz CT molecular complexity index is 360. The minimum atomic E-state index is -0.0179. The zero-order chi connectivity index (χ0) is 11.5. The number of carbonyl (C=O) groups is 1. The van der Waals surface area contributed by atoms with Crippen molar-refractivity contribution in [3.8, 4) is 0 Å².